The van der Waals surface area contributed by atoms with Gasteiger partial charge in [-0.2, -0.15) is 0 Å². The molecule has 3 rings (SSSR count). The van der Waals surface area contributed by atoms with Crippen LogP contribution in [0.25, 0.3) is 21.5 Å². The van der Waals surface area contributed by atoms with Gasteiger partial charge in [-0.15, -0.1) is 0 Å². The molecule has 0 fully saturated rings. The van der Waals surface area contributed by atoms with Crippen LogP contribution in [0.5, 0.6) is 0 Å². The zero-order valence-electron chi connectivity index (χ0n) is 12.2. The van der Waals surface area contributed by atoms with Gasteiger partial charge < -0.3 is 10.4 Å². The zero-order valence-corrected chi connectivity index (χ0v) is 12.2. The van der Waals surface area contributed by atoms with Crippen molar-refractivity contribution in [3.8, 4) is 0 Å². The Bertz CT molecular complexity index is 682. The van der Waals surface area contributed by atoms with Crippen LogP contribution in [0, 0.1) is 0 Å². The maximum atomic E-state index is 8.84. The van der Waals surface area contributed by atoms with Crippen LogP contribution in [0.2, 0.25) is 0 Å². The first-order chi connectivity index (χ1) is 10.4. The first kappa shape index (κ1) is 14.1. The van der Waals surface area contributed by atoms with Crippen LogP contribution in [-0.4, -0.2) is 18.3 Å². The van der Waals surface area contributed by atoms with Crippen molar-refractivity contribution >= 4 is 21.5 Å². The second-order valence-electron chi connectivity index (χ2n) is 5.40. The van der Waals surface area contributed by atoms with E-state index < -0.39 is 0 Å². The Balaban J connectivity index is 1.96. The van der Waals surface area contributed by atoms with Crippen LogP contribution >= 0.6 is 0 Å². The maximum absolute atomic E-state index is 8.84. The molecule has 0 heterocycles. The Hall–Kier alpha value is -1.90. The van der Waals surface area contributed by atoms with E-state index in [0.29, 0.717) is 0 Å². The molecule has 0 atom stereocenters. The first-order valence-electron chi connectivity index (χ1n) is 7.61. The number of hydrogen-bond acceptors (Lipinski definition) is 2. The second kappa shape index (κ2) is 6.70. The number of hydrogen-bond donors (Lipinski definition) is 2. The summed E-state index contributed by atoms with van der Waals surface area (Å²) in [5.74, 6) is 0. The molecule has 0 spiro atoms. The lowest BCUT2D eigenvalue weighted by Gasteiger charge is -2.12. The number of rotatable bonds is 6. The van der Waals surface area contributed by atoms with Gasteiger partial charge >= 0.3 is 0 Å². The lowest BCUT2D eigenvalue weighted by Crippen LogP contribution is -2.15. The summed E-state index contributed by atoms with van der Waals surface area (Å²) in [5, 5.41) is 17.6. The topological polar surface area (TPSA) is 32.3 Å². The summed E-state index contributed by atoms with van der Waals surface area (Å²) in [5.41, 5.74) is 1.37. The molecule has 3 aromatic carbocycles. The molecule has 0 aliphatic carbocycles. The summed E-state index contributed by atoms with van der Waals surface area (Å²) in [6.45, 7) is 2.09. The molecule has 2 nitrogen and oxygen atoms in total. The average Bonchev–Trinajstić information content (AvgIpc) is 2.53. The minimum atomic E-state index is 0.277. The first-order valence-corrected chi connectivity index (χ1v) is 7.61. The largest absolute Gasteiger partial charge is 0.396 e. The zero-order chi connectivity index (χ0) is 14.5. The standard InChI is InChI=1S/C19H21NO/c21-12-6-5-11-20-14-19-17-9-3-1-7-15(17)13-16-8-2-4-10-18(16)19/h1-4,7-10,13,20-21H,5-6,11-12,14H2. The van der Waals surface area contributed by atoms with E-state index in [0.717, 1.165) is 25.9 Å². The molecule has 0 aliphatic heterocycles. The Morgan fingerprint density at radius 1 is 0.810 bits per heavy atom. The SMILES string of the molecule is OCCCCNCc1c2ccccc2cc2ccccc12. The summed E-state index contributed by atoms with van der Waals surface area (Å²) in [6, 6.07) is 19.4. The van der Waals surface area contributed by atoms with Crippen molar-refractivity contribution < 1.29 is 5.11 Å². The molecule has 0 radical (unpaired) electrons. The number of unbranched alkanes of at least 4 members (excludes halogenated alkanes) is 1. The molecule has 108 valence electrons. The molecule has 21 heavy (non-hydrogen) atoms. The minimum Gasteiger partial charge on any atom is -0.396 e. The molecule has 0 aromatic heterocycles. The molecule has 0 aliphatic rings. The molecule has 0 saturated heterocycles. The number of aliphatic hydroxyl groups excluding tert-OH is 1. The minimum absolute atomic E-state index is 0.277. The van der Waals surface area contributed by atoms with Crippen LogP contribution < -0.4 is 5.32 Å². The molecule has 0 bridgehead atoms. The highest BCUT2D eigenvalue weighted by atomic mass is 16.2. The van der Waals surface area contributed by atoms with Gasteiger partial charge in [-0.05, 0) is 52.6 Å². The number of aliphatic hydroxyl groups is 1. The van der Waals surface area contributed by atoms with Gasteiger partial charge in [0, 0.05) is 13.2 Å². The van der Waals surface area contributed by atoms with Crippen molar-refractivity contribution in [1.29, 1.82) is 0 Å². The van der Waals surface area contributed by atoms with Gasteiger partial charge in [-0.1, -0.05) is 48.5 Å². The molecule has 3 aromatic rings. The van der Waals surface area contributed by atoms with Gasteiger partial charge in [0.15, 0.2) is 0 Å². The average molecular weight is 279 g/mol. The fourth-order valence-corrected chi connectivity index (χ4v) is 2.87. The Morgan fingerprint density at radius 3 is 2.05 bits per heavy atom. The van der Waals surface area contributed by atoms with Crippen molar-refractivity contribution in [3.05, 3.63) is 60.2 Å². The van der Waals surface area contributed by atoms with E-state index in [-0.39, 0.29) is 6.61 Å². The molecule has 0 saturated carbocycles. The number of nitrogens with one attached hydrogen (secondary N) is 1. The van der Waals surface area contributed by atoms with Gasteiger partial charge in [-0.3, -0.25) is 0 Å². The van der Waals surface area contributed by atoms with E-state index in [4.69, 9.17) is 5.11 Å². The second-order valence-corrected chi connectivity index (χ2v) is 5.40. The number of fused-ring (bicyclic) bond motifs is 2. The smallest absolute Gasteiger partial charge is 0.0431 e. The Labute approximate surface area is 125 Å². The Morgan fingerprint density at radius 2 is 1.43 bits per heavy atom. The molecular formula is C19H21NO. The number of benzene rings is 3. The highest BCUT2D eigenvalue weighted by Crippen LogP contribution is 2.28. The normalized spacial score (nSPS) is 11.3. The fraction of sp³-hybridized carbons (Fsp3) is 0.263. The fourth-order valence-electron chi connectivity index (χ4n) is 2.87. The van der Waals surface area contributed by atoms with Gasteiger partial charge in [-0.25, -0.2) is 0 Å². The third kappa shape index (κ3) is 3.07. The van der Waals surface area contributed by atoms with Crippen molar-refractivity contribution in [2.24, 2.45) is 0 Å². The van der Waals surface area contributed by atoms with E-state index in [1.165, 1.54) is 27.1 Å². The van der Waals surface area contributed by atoms with Crippen LogP contribution in [0.4, 0.5) is 0 Å². The van der Waals surface area contributed by atoms with E-state index in [1.807, 2.05) is 0 Å². The van der Waals surface area contributed by atoms with Crippen LogP contribution in [0.15, 0.2) is 54.6 Å². The molecule has 2 N–H and O–H groups in total. The third-order valence-electron chi connectivity index (χ3n) is 3.95. The molecular weight excluding hydrogens is 258 g/mol. The van der Waals surface area contributed by atoms with Gasteiger partial charge in [0.2, 0.25) is 0 Å². The van der Waals surface area contributed by atoms with Gasteiger partial charge in [0.25, 0.3) is 0 Å². The van der Waals surface area contributed by atoms with Gasteiger partial charge in [0.1, 0.15) is 0 Å². The van der Waals surface area contributed by atoms with Crippen LogP contribution in [0.1, 0.15) is 18.4 Å². The lowest BCUT2D eigenvalue weighted by atomic mass is 9.97. The van der Waals surface area contributed by atoms with Crippen molar-refractivity contribution in [1.82, 2.24) is 5.32 Å². The predicted molar refractivity (Wildman–Crippen MR) is 89.5 cm³/mol. The van der Waals surface area contributed by atoms with Crippen LogP contribution in [0.3, 0.4) is 0 Å². The maximum Gasteiger partial charge on any atom is 0.0431 e. The van der Waals surface area contributed by atoms with Crippen molar-refractivity contribution in [3.63, 3.8) is 0 Å². The van der Waals surface area contributed by atoms with Crippen molar-refractivity contribution in [2.45, 2.75) is 19.4 Å². The van der Waals surface area contributed by atoms with Crippen molar-refractivity contribution in [2.75, 3.05) is 13.2 Å². The summed E-state index contributed by atoms with van der Waals surface area (Å²) in [7, 11) is 0. The lowest BCUT2D eigenvalue weighted by molar-refractivity contribution is 0.283. The highest BCUT2D eigenvalue weighted by molar-refractivity contribution is 6.02. The summed E-state index contributed by atoms with van der Waals surface area (Å²) >= 11 is 0. The van der Waals surface area contributed by atoms with E-state index >= 15 is 0 Å². The molecule has 0 unspecified atom stereocenters. The van der Waals surface area contributed by atoms with Gasteiger partial charge in [0.05, 0.1) is 0 Å². The monoisotopic (exact) mass is 279 g/mol. The van der Waals surface area contributed by atoms with E-state index in [1.54, 1.807) is 0 Å². The van der Waals surface area contributed by atoms with E-state index in [9.17, 15) is 0 Å². The highest BCUT2D eigenvalue weighted by Gasteiger charge is 2.06. The summed E-state index contributed by atoms with van der Waals surface area (Å²) < 4.78 is 0. The summed E-state index contributed by atoms with van der Waals surface area (Å²) in [6.07, 6.45) is 1.88. The summed E-state index contributed by atoms with van der Waals surface area (Å²) in [4.78, 5) is 0. The molecule has 2 heteroatoms. The van der Waals surface area contributed by atoms with E-state index in [2.05, 4.69) is 59.9 Å². The molecule has 0 amide bonds. The quantitative estimate of drug-likeness (QED) is 0.530. The third-order valence-corrected chi connectivity index (χ3v) is 3.95. The predicted octanol–water partition coefficient (Wildman–Crippen LogP) is 3.86. The Kier molecular flexibility index (Phi) is 4.49. The van der Waals surface area contributed by atoms with Crippen LogP contribution in [-0.2, 0) is 6.54 Å².